The average Bonchev–Trinajstić information content (AvgIpc) is 3.78. The predicted molar refractivity (Wildman–Crippen MR) is 287 cm³/mol. The van der Waals surface area contributed by atoms with Crippen LogP contribution in [0.4, 0.5) is 22.7 Å². The summed E-state index contributed by atoms with van der Waals surface area (Å²) >= 11 is 0. The van der Waals surface area contributed by atoms with E-state index in [1.54, 1.807) is 0 Å². The Morgan fingerprint density at radius 1 is 0.565 bits per heavy atom. The number of nitrogens with zero attached hydrogens (tertiary/aromatic N) is 4. The molecular weight excluding hydrogens is 1020 g/mol. The Bertz CT molecular complexity index is 3270. The van der Waals surface area contributed by atoms with Crippen molar-refractivity contribution >= 4 is 44.6 Å². The molecule has 0 amide bonds. The van der Waals surface area contributed by atoms with E-state index in [1.807, 2.05) is 6.20 Å². The molecule has 4 heterocycles. The van der Waals surface area contributed by atoms with Crippen molar-refractivity contribution in [2.45, 2.75) is 138 Å². The van der Waals surface area contributed by atoms with Crippen LogP contribution in [0.15, 0.2) is 121 Å². The number of hydrogen-bond donors (Lipinski definition) is 0. The first-order valence-electron chi connectivity index (χ1n) is 24.8. The van der Waals surface area contributed by atoms with E-state index in [1.165, 1.54) is 67.0 Å². The minimum atomic E-state index is -0.159. The number of benzene rings is 6. The first kappa shape index (κ1) is 48.7. The van der Waals surface area contributed by atoms with Gasteiger partial charge in [0, 0.05) is 68.5 Å². The fourth-order valence-electron chi connectivity index (χ4n) is 10.6. The van der Waals surface area contributed by atoms with Gasteiger partial charge in [-0.05, 0) is 96.5 Å². The second-order valence-electron chi connectivity index (χ2n) is 23.6. The molecule has 5 nitrogen and oxygen atoms in total. The molecule has 0 saturated carbocycles. The standard InChI is InChI=1S/C63H69N4O.Pt/c1-39(2)43-30-52(40(3)4)60(53(31-43)41(5)6)42-19-18-20-47(29-42)66-38-67(66,58-22-17-16-21-57(58)66)48-32-46(63(13,14)15)33-50(36-48)68-49-24-25-51-54-34-44(61(7,8)9)23-26-55(54)65(56(51)37-49)59-35-45(27-28-64-59)62(10,11)12;/h16-35,38-41H,1-15H3;/q-1;/t66-,67?;/m0./s1. The SMILES string of the molecule is CC(C)c1cc(C(C)C)c(-c2cccc([N@+]34[CH-][N+]3(c3[c-]c(Oc5[c-]c6c(cc5)c5cc(C(C)(C)C)ccc5n6-c5cc(C(C)(C)C)ccn5)cc(C(C)(C)C)c3)c3ccccc34)c2)c(C(C)C)c1.[Pt]. The van der Waals surface area contributed by atoms with Gasteiger partial charge in [0.25, 0.3) is 0 Å². The fourth-order valence-corrected chi connectivity index (χ4v) is 10.6. The molecule has 2 atom stereocenters. The monoisotopic (exact) mass is 1090 g/mol. The molecule has 1 unspecified atom stereocenters. The van der Waals surface area contributed by atoms with Crippen LogP contribution >= 0.6 is 0 Å². The third kappa shape index (κ3) is 7.92. The van der Waals surface area contributed by atoms with Crippen molar-refractivity contribution < 1.29 is 25.8 Å². The summed E-state index contributed by atoms with van der Waals surface area (Å²) in [6.07, 6.45) is 1.93. The second kappa shape index (κ2) is 16.9. The smallest absolute Gasteiger partial charge is 0.225 e. The number of para-hydroxylation sites is 2. The second-order valence-corrected chi connectivity index (χ2v) is 23.6. The van der Waals surface area contributed by atoms with Crippen LogP contribution in [-0.2, 0) is 37.3 Å². The summed E-state index contributed by atoms with van der Waals surface area (Å²) in [5, 5.41) is 2.29. The van der Waals surface area contributed by atoms with E-state index in [0.29, 0.717) is 38.4 Å². The fraction of sp³-hybridized carbons (Fsp3) is 0.333. The summed E-state index contributed by atoms with van der Waals surface area (Å²) in [5.74, 6) is 3.41. The maximum absolute atomic E-state index is 7.01. The summed E-state index contributed by atoms with van der Waals surface area (Å²) in [4.78, 5) is 4.97. The Morgan fingerprint density at radius 2 is 1.20 bits per heavy atom. The number of rotatable bonds is 9. The van der Waals surface area contributed by atoms with Gasteiger partial charge in [0.15, 0.2) is 12.4 Å². The van der Waals surface area contributed by atoms with Gasteiger partial charge in [-0.3, -0.25) is 0 Å². The summed E-state index contributed by atoms with van der Waals surface area (Å²) in [7, 11) is 0. The Morgan fingerprint density at radius 3 is 1.83 bits per heavy atom. The van der Waals surface area contributed by atoms with Crippen molar-refractivity contribution in [3.05, 3.63) is 174 Å². The Labute approximate surface area is 426 Å². The minimum Gasteiger partial charge on any atom is -0.509 e. The van der Waals surface area contributed by atoms with Gasteiger partial charge in [-0.15, -0.1) is 35.2 Å². The number of ether oxygens (including phenoxy) is 1. The molecule has 0 aliphatic carbocycles. The van der Waals surface area contributed by atoms with Crippen LogP contribution < -0.4 is 13.9 Å². The molecule has 2 aromatic heterocycles. The molecule has 8 aromatic rings. The van der Waals surface area contributed by atoms with Gasteiger partial charge < -0.3 is 9.30 Å². The van der Waals surface area contributed by atoms with Crippen LogP contribution in [0.5, 0.6) is 11.5 Å². The Balaban J connectivity index is 0.00000593. The predicted octanol–water partition coefficient (Wildman–Crippen LogP) is 17.8. The van der Waals surface area contributed by atoms with Crippen molar-refractivity contribution in [3.63, 3.8) is 0 Å². The molecule has 6 heteroatoms. The summed E-state index contributed by atoms with van der Waals surface area (Å²) in [6.45, 7) is 36.8. The number of quaternary nitrogens is 2. The van der Waals surface area contributed by atoms with Crippen LogP contribution in [0.25, 0.3) is 38.8 Å². The first-order valence-corrected chi connectivity index (χ1v) is 24.8. The topological polar surface area (TPSA) is 27.1 Å². The molecule has 0 spiro atoms. The molecule has 0 radical (unpaired) electrons. The molecule has 2 aliphatic heterocycles. The van der Waals surface area contributed by atoms with Gasteiger partial charge >= 0.3 is 0 Å². The molecule has 10 rings (SSSR count). The summed E-state index contributed by atoms with van der Waals surface area (Å²) in [5.41, 5.74) is 17.3. The van der Waals surface area contributed by atoms with Crippen LogP contribution in [-0.4, -0.2) is 9.55 Å². The van der Waals surface area contributed by atoms with Crippen LogP contribution in [0.1, 0.15) is 155 Å². The largest absolute Gasteiger partial charge is 0.509 e. The van der Waals surface area contributed by atoms with Crippen molar-refractivity contribution in [2.24, 2.45) is 0 Å². The van der Waals surface area contributed by atoms with Crippen molar-refractivity contribution in [3.8, 4) is 28.4 Å². The Kier molecular flexibility index (Phi) is 11.9. The average molecular weight is 1090 g/mol. The van der Waals surface area contributed by atoms with Gasteiger partial charge in [0.1, 0.15) is 5.82 Å². The van der Waals surface area contributed by atoms with Gasteiger partial charge in [0.2, 0.25) is 11.4 Å². The molecule has 69 heavy (non-hydrogen) atoms. The Hall–Kier alpha value is -5.32. The zero-order valence-corrected chi connectivity index (χ0v) is 45.6. The quantitative estimate of drug-likeness (QED) is 0.0818. The minimum absolute atomic E-state index is 0. The maximum atomic E-state index is 7.01. The van der Waals surface area contributed by atoms with Crippen molar-refractivity contribution in [1.29, 1.82) is 0 Å². The zero-order chi connectivity index (χ0) is 48.5. The van der Waals surface area contributed by atoms with Crippen molar-refractivity contribution in [2.75, 3.05) is 0 Å². The summed E-state index contributed by atoms with van der Waals surface area (Å²) in [6, 6.07) is 50.8. The number of fused-ring (bicyclic) bond motifs is 7. The van der Waals surface area contributed by atoms with Gasteiger partial charge in [-0.2, -0.15) is 10.7 Å². The molecule has 0 N–H and O–H groups in total. The molecule has 358 valence electrons. The van der Waals surface area contributed by atoms with Crippen LogP contribution in [0.3, 0.4) is 0 Å². The van der Waals surface area contributed by atoms with Gasteiger partial charge in [-0.1, -0.05) is 164 Å². The van der Waals surface area contributed by atoms with Crippen LogP contribution in [0.2, 0.25) is 0 Å². The third-order valence-corrected chi connectivity index (χ3v) is 14.7. The van der Waals surface area contributed by atoms with E-state index in [4.69, 9.17) is 9.72 Å². The molecule has 0 bridgehead atoms. The molecule has 1 saturated heterocycles. The molecular formula is C63H69N4OPt-. The van der Waals surface area contributed by atoms with E-state index in [0.717, 1.165) is 27.9 Å². The van der Waals surface area contributed by atoms with Crippen molar-refractivity contribution in [1.82, 2.24) is 18.7 Å². The van der Waals surface area contributed by atoms with E-state index >= 15 is 0 Å². The normalized spacial score (nSPS) is 17.8. The molecule has 2 aliphatic rings. The maximum Gasteiger partial charge on any atom is 0.225 e. The van der Waals surface area contributed by atoms with E-state index < -0.39 is 0 Å². The number of hydrogen-bond acceptors (Lipinski definition) is 2. The van der Waals surface area contributed by atoms with E-state index in [-0.39, 0.29) is 37.3 Å². The van der Waals surface area contributed by atoms with E-state index in [9.17, 15) is 0 Å². The first-order chi connectivity index (χ1) is 32.0. The van der Waals surface area contributed by atoms with E-state index in [2.05, 4.69) is 242 Å². The van der Waals surface area contributed by atoms with Crippen LogP contribution in [0, 0.1) is 18.8 Å². The molecule has 1 fully saturated rings. The zero-order valence-electron chi connectivity index (χ0n) is 43.4. The number of aromatic nitrogens is 2. The molecule has 6 aromatic carbocycles. The van der Waals surface area contributed by atoms with Gasteiger partial charge in [0.05, 0.1) is 5.69 Å². The third-order valence-electron chi connectivity index (χ3n) is 14.7. The number of pyridine rings is 1. The summed E-state index contributed by atoms with van der Waals surface area (Å²) < 4.78 is 10.4. The van der Waals surface area contributed by atoms with Gasteiger partial charge in [-0.25, -0.2) is 9.58 Å².